The monoisotopic (exact) mass is 528 g/mol. The Balaban J connectivity index is 1.92. The molecule has 0 N–H and O–H groups in total. The highest BCUT2D eigenvalue weighted by Gasteiger charge is 2.37. The lowest BCUT2D eigenvalue weighted by Crippen LogP contribution is -2.39. The molecule has 1 atom stereocenters. The lowest BCUT2D eigenvalue weighted by Gasteiger charge is -2.41. The summed E-state index contributed by atoms with van der Waals surface area (Å²) in [6.07, 6.45) is 1.28. The number of carbonyl (C=O) groups excluding carboxylic acids is 1. The number of benzene rings is 2. The smallest absolute Gasteiger partial charge is 0.340 e. The van der Waals surface area contributed by atoms with E-state index in [4.69, 9.17) is 14.5 Å². The third kappa shape index (κ3) is 6.70. The molecule has 39 heavy (non-hydrogen) atoms. The van der Waals surface area contributed by atoms with Crippen molar-refractivity contribution in [3.63, 3.8) is 0 Å². The van der Waals surface area contributed by atoms with Crippen molar-refractivity contribution >= 4 is 11.7 Å². The molecule has 1 aliphatic rings. The van der Waals surface area contributed by atoms with Crippen molar-refractivity contribution in [2.45, 2.75) is 79.9 Å². The van der Waals surface area contributed by atoms with E-state index in [0.29, 0.717) is 6.61 Å². The van der Waals surface area contributed by atoms with E-state index in [1.165, 1.54) is 11.1 Å². The number of hydrogen-bond acceptors (Lipinski definition) is 5. The number of rotatable bonds is 7. The molecule has 1 aliphatic heterocycles. The van der Waals surface area contributed by atoms with Crippen LogP contribution in [0.1, 0.15) is 77.4 Å². The normalized spacial score (nSPS) is 16.2. The highest BCUT2D eigenvalue weighted by Crippen LogP contribution is 2.45. The molecule has 3 aromatic rings. The third-order valence-electron chi connectivity index (χ3n) is 7.53. The van der Waals surface area contributed by atoms with Crippen LogP contribution in [-0.4, -0.2) is 36.3 Å². The van der Waals surface area contributed by atoms with Gasteiger partial charge in [-0.25, -0.2) is 4.79 Å². The summed E-state index contributed by atoms with van der Waals surface area (Å²) in [5.74, 6) is -0.370. The molecular formula is C34H44N2O3. The predicted octanol–water partition coefficient (Wildman–Crippen LogP) is 8.08. The molecule has 1 fully saturated rings. The zero-order valence-corrected chi connectivity index (χ0v) is 24.9. The zero-order chi connectivity index (χ0) is 28.4. The number of carbonyl (C=O) groups is 1. The van der Waals surface area contributed by atoms with Crippen molar-refractivity contribution in [3.8, 4) is 22.3 Å². The van der Waals surface area contributed by atoms with Gasteiger partial charge in [0, 0.05) is 35.6 Å². The van der Waals surface area contributed by atoms with Crippen molar-refractivity contribution < 1.29 is 14.3 Å². The number of aryl methyl sites for hydroxylation is 2. The minimum atomic E-state index is -0.870. The standard InChI is InChI=1S/C34H44N2O3/c1-9-38-32(37)31(39-33(4,5)6)29-24(3)35-23(2)28(30(29)36-21-19-34(7,8)20-22-36)27-17-15-26(16-18-27)25-13-11-10-12-14-25/h10-18,31H,9,19-22H2,1-8H3/t31-/m0/s1. The number of anilines is 1. The maximum atomic E-state index is 13.5. The lowest BCUT2D eigenvalue weighted by atomic mass is 9.81. The van der Waals surface area contributed by atoms with E-state index >= 15 is 0 Å². The highest BCUT2D eigenvalue weighted by molar-refractivity contribution is 5.89. The number of esters is 1. The van der Waals surface area contributed by atoms with Crippen LogP contribution >= 0.6 is 0 Å². The van der Waals surface area contributed by atoms with Gasteiger partial charge in [-0.3, -0.25) is 4.98 Å². The molecule has 2 aromatic carbocycles. The highest BCUT2D eigenvalue weighted by atomic mass is 16.6. The number of nitrogens with zero attached hydrogens (tertiary/aromatic N) is 2. The van der Waals surface area contributed by atoms with E-state index in [9.17, 15) is 4.79 Å². The fourth-order valence-corrected chi connectivity index (χ4v) is 5.43. The van der Waals surface area contributed by atoms with Crippen molar-refractivity contribution in [1.82, 2.24) is 4.98 Å². The largest absolute Gasteiger partial charge is 0.464 e. The molecule has 1 aromatic heterocycles. The number of pyridine rings is 1. The van der Waals surface area contributed by atoms with Crippen LogP contribution < -0.4 is 4.90 Å². The quantitative estimate of drug-likeness (QED) is 0.290. The average Bonchev–Trinajstić information content (AvgIpc) is 2.88. The predicted molar refractivity (Wildman–Crippen MR) is 160 cm³/mol. The van der Waals surface area contributed by atoms with Crippen LogP contribution in [0.2, 0.25) is 0 Å². The Morgan fingerprint density at radius 2 is 1.49 bits per heavy atom. The fourth-order valence-electron chi connectivity index (χ4n) is 5.43. The first-order chi connectivity index (χ1) is 18.4. The van der Waals surface area contributed by atoms with Crippen LogP contribution in [0.15, 0.2) is 54.6 Å². The Kier molecular flexibility index (Phi) is 8.51. The molecule has 2 heterocycles. The van der Waals surface area contributed by atoms with E-state index in [0.717, 1.165) is 59.7 Å². The number of hydrogen-bond donors (Lipinski definition) is 0. The van der Waals surface area contributed by atoms with Gasteiger partial charge < -0.3 is 14.4 Å². The Hall–Kier alpha value is -3.18. The molecular weight excluding hydrogens is 484 g/mol. The van der Waals surface area contributed by atoms with Crippen molar-refractivity contribution in [1.29, 1.82) is 0 Å². The molecule has 0 aliphatic carbocycles. The molecule has 208 valence electrons. The fraction of sp³-hybridized carbons (Fsp3) is 0.471. The second kappa shape index (κ2) is 11.5. The maximum Gasteiger partial charge on any atom is 0.340 e. The van der Waals surface area contributed by atoms with Crippen molar-refractivity contribution in [3.05, 3.63) is 71.5 Å². The molecule has 5 nitrogen and oxygen atoms in total. The van der Waals surface area contributed by atoms with E-state index in [1.54, 1.807) is 0 Å². The van der Waals surface area contributed by atoms with Crippen LogP contribution in [0.4, 0.5) is 5.69 Å². The number of piperidine rings is 1. The maximum absolute atomic E-state index is 13.5. The van der Waals surface area contributed by atoms with Gasteiger partial charge in [-0.15, -0.1) is 0 Å². The van der Waals surface area contributed by atoms with Gasteiger partial charge in [-0.1, -0.05) is 68.4 Å². The van der Waals surface area contributed by atoms with Gasteiger partial charge in [0.1, 0.15) is 0 Å². The van der Waals surface area contributed by atoms with Gasteiger partial charge >= 0.3 is 5.97 Å². The first-order valence-corrected chi connectivity index (χ1v) is 14.2. The van der Waals surface area contributed by atoms with E-state index in [2.05, 4.69) is 74.2 Å². The summed E-state index contributed by atoms with van der Waals surface area (Å²) >= 11 is 0. The number of aromatic nitrogens is 1. The molecule has 0 spiro atoms. The Labute approximate surface area is 234 Å². The summed E-state index contributed by atoms with van der Waals surface area (Å²) in [6.45, 7) is 18.6. The van der Waals surface area contributed by atoms with E-state index < -0.39 is 11.7 Å². The second-order valence-corrected chi connectivity index (χ2v) is 12.4. The molecule has 0 amide bonds. The SMILES string of the molecule is CCOC(=O)[C@@H](OC(C)(C)C)c1c(C)nc(C)c(-c2ccc(-c3ccccc3)cc2)c1N1CCC(C)(C)CC1. The van der Waals surface area contributed by atoms with E-state index in [-0.39, 0.29) is 11.4 Å². The lowest BCUT2D eigenvalue weighted by molar-refractivity contribution is -0.166. The van der Waals surface area contributed by atoms with Gasteiger partial charge in [-0.2, -0.15) is 0 Å². The summed E-state index contributed by atoms with van der Waals surface area (Å²) in [5, 5.41) is 0. The van der Waals surface area contributed by atoms with Gasteiger partial charge in [-0.05, 0) is 76.5 Å². The van der Waals surface area contributed by atoms with Crippen LogP contribution in [0.3, 0.4) is 0 Å². The second-order valence-electron chi connectivity index (χ2n) is 12.4. The van der Waals surface area contributed by atoms with Crippen LogP contribution in [0.25, 0.3) is 22.3 Å². The Bertz CT molecular complexity index is 1280. The van der Waals surface area contributed by atoms with E-state index in [1.807, 2.05) is 40.7 Å². The zero-order valence-electron chi connectivity index (χ0n) is 24.9. The van der Waals surface area contributed by atoms with Gasteiger partial charge in [0.25, 0.3) is 0 Å². The number of ether oxygens (including phenoxy) is 2. The molecule has 0 unspecified atom stereocenters. The van der Waals surface area contributed by atoms with Crippen LogP contribution in [0, 0.1) is 19.3 Å². The average molecular weight is 529 g/mol. The minimum absolute atomic E-state index is 0.285. The summed E-state index contributed by atoms with van der Waals surface area (Å²) in [5.41, 5.74) is 7.84. The first-order valence-electron chi connectivity index (χ1n) is 14.2. The van der Waals surface area contributed by atoms with Gasteiger partial charge in [0.05, 0.1) is 17.9 Å². The molecule has 0 saturated carbocycles. The van der Waals surface area contributed by atoms with Crippen molar-refractivity contribution in [2.75, 3.05) is 24.6 Å². The molecule has 5 heteroatoms. The summed E-state index contributed by atoms with van der Waals surface area (Å²) in [4.78, 5) is 20.9. The Morgan fingerprint density at radius 3 is 2.05 bits per heavy atom. The topological polar surface area (TPSA) is 51.7 Å². The van der Waals surface area contributed by atoms with Crippen molar-refractivity contribution in [2.24, 2.45) is 5.41 Å². The van der Waals surface area contributed by atoms with Gasteiger partial charge in [0.2, 0.25) is 0 Å². The summed E-state index contributed by atoms with van der Waals surface area (Å²) in [6, 6.07) is 19.1. The molecule has 0 bridgehead atoms. The summed E-state index contributed by atoms with van der Waals surface area (Å²) < 4.78 is 12.0. The minimum Gasteiger partial charge on any atom is -0.464 e. The van der Waals surface area contributed by atoms with Crippen LogP contribution in [0.5, 0.6) is 0 Å². The first kappa shape index (κ1) is 28.8. The van der Waals surface area contributed by atoms with Crippen LogP contribution in [-0.2, 0) is 14.3 Å². The third-order valence-corrected chi connectivity index (χ3v) is 7.53. The Morgan fingerprint density at radius 1 is 0.923 bits per heavy atom. The summed E-state index contributed by atoms with van der Waals surface area (Å²) in [7, 11) is 0. The molecule has 1 saturated heterocycles. The molecule has 4 rings (SSSR count). The molecule has 0 radical (unpaired) electrons. The van der Waals surface area contributed by atoms with Gasteiger partial charge in [0.15, 0.2) is 6.10 Å².